The minimum absolute atomic E-state index is 0.279. The summed E-state index contributed by atoms with van der Waals surface area (Å²) in [5.74, 6) is 0.279. The van der Waals surface area contributed by atoms with Crippen LogP contribution in [0.1, 0.15) is 11.4 Å². The van der Waals surface area contributed by atoms with E-state index in [4.69, 9.17) is 17.3 Å². The summed E-state index contributed by atoms with van der Waals surface area (Å²) in [6.07, 6.45) is 3.27. The third-order valence-electron chi connectivity index (χ3n) is 2.15. The largest absolute Gasteiger partial charge is 0.382 e. The van der Waals surface area contributed by atoms with Crippen LogP contribution in [-0.2, 0) is 0 Å². The molecule has 0 saturated heterocycles. The molecule has 0 spiro atoms. The molecule has 2 rings (SSSR count). The van der Waals surface area contributed by atoms with Gasteiger partial charge in [-0.3, -0.25) is 9.97 Å². The van der Waals surface area contributed by atoms with E-state index in [1.165, 1.54) is 0 Å². The fraction of sp³-hybridized carbons (Fsp3) is 0.0833. The Labute approximate surface area is 104 Å². The summed E-state index contributed by atoms with van der Waals surface area (Å²) in [6, 6.07) is 7.17. The van der Waals surface area contributed by atoms with Gasteiger partial charge in [-0.1, -0.05) is 11.6 Å². The van der Waals surface area contributed by atoms with Crippen molar-refractivity contribution in [1.82, 2.24) is 9.97 Å². The molecule has 2 N–H and O–H groups in total. The predicted molar refractivity (Wildman–Crippen MR) is 68.6 cm³/mol. The molecule has 4 nitrogen and oxygen atoms in total. The zero-order chi connectivity index (χ0) is 12.3. The molecule has 2 heterocycles. The van der Waals surface area contributed by atoms with Crippen LogP contribution in [-0.4, -0.2) is 15.8 Å². The lowest BCUT2D eigenvalue weighted by atomic mass is 10.3. The molecular weight excluding hydrogens is 236 g/mol. The maximum atomic E-state index is 5.97. The van der Waals surface area contributed by atoms with Crippen molar-refractivity contribution >= 4 is 23.1 Å². The molecule has 0 aliphatic carbocycles. The van der Waals surface area contributed by atoms with Crippen molar-refractivity contribution < 1.29 is 0 Å². The Morgan fingerprint density at radius 2 is 2.12 bits per heavy atom. The lowest BCUT2D eigenvalue weighted by molar-refractivity contribution is 1.19. The summed E-state index contributed by atoms with van der Waals surface area (Å²) < 4.78 is 0. The fourth-order valence-electron chi connectivity index (χ4n) is 1.29. The summed E-state index contributed by atoms with van der Waals surface area (Å²) in [5.41, 5.74) is 7.93. The maximum Gasteiger partial charge on any atom is 0.151 e. The molecule has 2 aromatic heterocycles. The van der Waals surface area contributed by atoms with Crippen LogP contribution in [0.3, 0.4) is 0 Å². The van der Waals surface area contributed by atoms with Gasteiger partial charge in [-0.25, -0.2) is 4.99 Å². The Kier molecular flexibility index (Phi) is 3.35. The molecule has 2 aromatic rings. The Morgan fingerprint density at radius 1 is 1.29 bits per heavy atom. The van der Waals surface area contributed by atoms with Gasteiger partial charge >= 0.3 is 0 Å². The van der Waals surface area contributed by atoms with Crippen molar-refractivity contribution in [2.45, 2.75) is 6.92 Å². The second-order valence-electron chi connectivity index (χ2n) is 3.49. The molecule has 0 saturated carbocycles. The molecule has 0 unspecified atom stereocenters. The quantitative estimate of drug-likeness (QED) is 0.654. The van der Waals surface area contributed by atoms with Crippen LogP contribution in [0.15, 0.2) is 41.7 Å². The molecule has 0 amide bonds. The molecule has 0 aliphatic rings. The van der Waals surface area contributed by atoms with Crippen molar-refractivity contribution in [3.63, 3.8) is 0 Å². The average Bonchev–Trinajstić information content (AvgIpc) is 2.32. The Balaban J connectivity index is 2.34. The van der Waals surface area contributed by atoms with Gasteiger partial charge in [0.15, 0.2) is 5.84 Å². The van der Waals surface area contributed by atoms with Crippen molar-refractivity contribution in [2.75, 3.05) is 0 Å². The zero-order valence-corrected chi connectivity index (χ0v) is 10.0. The number of rotatable bonds is 2. The van der Waals surface area contributed by atoms with Gasteiger partial charge in [0.1, 0.15) is 5.69 Å². The van der Waals surface area contributed by atoms with Gasteiger partial charge < -0.3 is 5.73 Å². The van der Waals surface area contributed by atoms with Crippen LogP contribution in [0.2, 0.25) is 5.02 Å². The van der Waals surface area contributed by atoms with Crippen LogP contribution >= 0.6 is 11.6 Å². The summed E-state index contributed by atoms with van der Waals surface area (Å²) in [7, 11) is 0. The summed E-state index contributed by atoms with van der Waals surface area (Å²) in [4.78, 5) is 12.4. The third kappa shape index (κ3) is 2.79. The number of pyridine rings is 2. The van der Waals surface area contributed by atoms with E-state index in [1.54, 1.807) is 24.5 Å². The van der Waals surface area contributed by atoms with E-state index in [0.29, 0.717) is 16.4 Å². The molecule has 0 fully saturated rings. The predicted octanol–water partition coefficient (Wildman–Crippen LogP) is 2.48. The summed E-state index contributed by atoms with van der Waals surface area (Å²) >= 11 is 5.97. The van der Waals surface area contributed by atoms with Gasteiger partial charge in [0, 0.05) is 11.9 Å². The molecule has 17 heavy (non-hydrogen) atoms. The van der Waals surface area contributed by atoms with Gasteiger partial charge in [0.05, 0.1) is 16.9 Å². The Hall–Kier alpha value is -1.94. The lowest BCUT2D eigenvalue weighted by Crippen LogP contribution is -2.15. The van der Waals surface area contributed by atoms with E-state index in [2.05, 4.69) is 15.0 Å². The summed E-state index contributed by atoms with van der Waals surface area (Å²) in [6.45, 7) is 1.91. The second-order valence-corrected chi connectivity index (χ2v) is 3.90. The zero-order valence-electron chi connectivity index (χ0n) is 9.26. The number of amidine groups is 1. The topological polar surface area (TPSA) is 64.2 Å². The average molecular weight is 247 g/mol. The number of hydrogen-bond acceptors (Lipinski definition) is 3. The maximum absolute atomic E-state index is 5.97. The van der Waals surface area contributed by atoms with E-state index in [-0.39, 0.29) is 5.84 Å². The standard InChI is InChI=1S/C12H11ClN4/c1-8-4-5-9(7-16-8)17-12(14)11-10(13)3-2-6-15-11/h2-7H,1H3,(H2,14,17). The highest BCUT2D eigenvalue weighted by atomic mass is 35.5. The van der Waals surface area contributed by atoms with Gasteiger partial charge in [-0.2, -0.15) is 0 Å². The SMILES string of the molecule is Cc1ccc(N=C(N)c2ncccc2Cl)cn1. The van der Waals surface area contributed by atoms with E-state index >= 15 is 0 Å². The molecule has 5 heteroatoms. The second kappa shape index (κ2) is 4.93. The van der Waals surface area contributed by atoms with Crippen LogP contribution in [0.4, 0.5) is 5.69 Å². The molecule has 0 aliphatic heterocycles. The van der Waals surface area contributed by atoms with Crippen molar-refractivity contribution in [1.29, 1.82) is 0 Å². The van der Waals surface area contributed by atoms with Gasteiger partial charge in [0.2, 0.25) is 0 Å². The van der Waals surface area contributed by atoms with E-state index in [1.807, 2.05) is 19.1 Å². The Morgan fingerprint density at radius 3 is 2.76 bits per heavy atom. The van der Waals surface area contributed by atoms with Gasteiger partial charge in [-0.15, -0.1) is 0 Å². The highest BCUT2D eigenvalue weighted by Crippen LogP contribution is 2.15. The molecule has 86 valence electrons. The Bertz CT molecular complexity index is 549. The highest BCUT2D eigenvalue weighted by Gasteiger charge is 2.05. The number of aromatic nitrogens is 2. The smallest absolute Gasteiger partial charge is 0.151 e. The first-order chi connectivity index (χ1) is 8.16. The number of nitrogens with two attached hydrogens (primary N) is 1. The molecule has 0 atom stereocenters. The first-order valence-electron chi connectivity index (χ1n) is 5.04. The number of nitrogens with zero attached hydrogens (tertiary/aromatic N) is 3. The minimum atomic E-state index is 0.279. The van der Waals surface area contributed by atoms with E-state index in [9.17, 15) is 0 Å². The van der Waals surface area contributed by atoms with Crippen molar-refractivity contribution in [2.24, 2.45) is 10.7 Å². The van der Waals surface area contributed by atoms with E-state index in [0.717, 1.165) is 5.69 Å². The molecule has 0 bridgehead atoms. The van der Waals surface area contributed by atoms with Gasteiger partial charge in [0.25, 0.3) is 0 Å². The van der Waals surface area contributed by atoms with Crippen LogP contribution in [0, 0.1) is 6.92 Å². The fourth-order valence-corrected chi connectivity index (χ4v) is 1.51. The summed E-state index contributed by atoms with van der Waals surface area (Å²) in [5, 5.41) is 0.480. The van der Waals surface area contributed by atoms with Crippen LogP contribution < -0.4 is 5.73 Å². The monoisotopic (exact) mass is 246 g/mol. The minimum Gasteiger partial charge on any atom is -0.382 e. The number of halogens is 1. The van der Waals surface area contributed by atoms with Crippen LogP contribution in [0.5, 0.6) is 0 Å². The number of aryl methyl sites for hydroxylation is 1. The first kappa shape index (κ1) is 11.5. The third-order valence-corrected chi connectivity index (χ3v) is 2.45. The molecule has 0 radical (unpaired) electrons. The van der Waals surface area contributed by atoms with Crippen molar-refractivity contribution in [3.05, 3.63) is 53.1 Å². The van der Waals surface area contributed by atoms with Crippen molar-refractivity contribution in [3.8, 4) is 0 Å². The normalized spacial score (nSPS) is 11.5. The number of aliphatic imine (C=N–C) groups is 1. The molecular formula is C12H11ClN4. The van der Waals surface area contributed by atoms with E-state index < -0.39 is 0 Å². The van der Waals surface area contributed by atoms with Gasteiger partial charge in [-0.05, 0) is 31.2 Å². The lowest BCUT2D eigenvalue weighted by Gasteiger charge is -2.02. The number of hydrogen-bond donors (Lipinski definition) is 1. The first-order valence-corrected chi connectivity index (χ1v) is 5.42. The molecule has 0 aromatic carbocycles. The van der Waals surface area contributed by atoms with Crippen LogP contribution in [0.25, 0.3) is 0 Å². The highest BCUT2D eigenvalue weighted by molar-refractivity contribution is 6.33.